The molecule has 0 spiro atoms. The van der Waals surface area contributed by atoms with Crippen LogP contribution < -0.4 is 9.47 Å². The molecule has 120 valence electrons. The van der Waals surface area contributed by atoms with E-state index in [-0.39, 0.29) is 5.70 Å². The molecular weight excluding hydrogens is 318 g/mol. The standard InChI is InChI=1S/C17H16ClNO4/c1-12(19(20)21)9-13-7-8-16(17(10-13)22-2)23-11-14-5-3-4-6-15(14)18/h3-10H,11H2,1-2H3/b12-9+. The number of benzene rings is 2. The average molecular weight is 334 g/mol. The summed E-state index contributed by atoms with van der Waals surface area (Å²) in [5.41, 5.74) is 1.59. The number of ether oxygens (including phenoxy) is 2. The molecule has 0 aliphatic carbocycles. The summed E-state index contributed by atoms with van der Waals surface area (Å²) in [6, 6.07) is 12.6. The fraction of sp³-hybridized carbons (Fsp3) is 0.176. The second-order valence-corrected chi connectivity index (χ2v) is 5.24. The van der Waals surface area contributed by atoms with Crippen molar-refractivity contribution >= 4 is 17.7 Å². The van der Waals surface area contributed by atoms with E-state index in [1.165, 1.54) is 20.1 Å². The Hall–Kier alpha value is -2.53. The highest BCUT2D eigenvalue weighted by atomic mass is 35.5. The third-order valence-corrected chi connectivity index (χ3v) is 3.56. The summed E-state index contributed by atoms with van der Waals surface area (Å²) in [6.45, 7) is 1.74. The molecule has 0 bridgehead atoms. The summed E-state index contributed by atoms with van der Waals surface area (Å²) in [7, 11) is 1.52. The molecule has 0 fully saturated rings. The molecule has 2 aromatic rings. The molecule has 0 N–H and O–H groups in total. The highest BCUT2D eigenvalue weighted by Crippen LogP contribution is 2.30. The van der Waals surface area contributed by atoms with E-state index in [0.29, 0.717) is 28.7 Å². The number of allylic oxidation sites excluding steroid dienone is 1. The Balaban J connectivity index is 2.18. The molecule has 0 saturated carbocycles. The lowest BCUT2D eigenvalue weighted by Gasteiger charge is -2.12. The Kier molecular flexibility index (Phi) is 5.60. The fourth-order valence-corrected chi connectivity index (χ4v) is 2.15. The normalized spacial score (nSPS) is 11.2. The van der Waals surface area contributed by atoms with E-state index in [1.54, 1.807) is 24.3 Å². The van der Waals surface area contributed by atoms with Crippen LogP contribution in [-0.2, 0) is 6.61 Å². The maximum absolute atomic E-state index is 10.7. The Labute approximate surface area is 139 Å². The van der Waals surface area contributed by atoms with Crippen molar-refractivity contribution < 1.29 is 14.4 Å². The van der Waals surface area contributed by atoms with Gasteiger partial charge in [-0.25, -0.2) is 0 Å². The summed E-state index contributed by atoms with van der Waals surface area (Å²) in [4.78, 5) is 10.2. The van der Waals surface area contributed by atoms with Gasteiger partial charge in [0.05, 0.1) is 12.0 Å². The van der Waals surface area contributed by atoms with Crippen LogP contribution in [0.4, 0.5) is 0 Å². The van der Waals surface area contributed by atoms with Crippen LogP contribution >= 0.6 is 11.6 Å². The van der Waals surface area contributed by atoms with Gasteiger partial charge >= 0.3 is 0 Å². The van der Waals surface area contributed by atoms with E-state index in [4.69, 9.17) is 21.1 Å². The molecular formula is C17H16ClNO4. The Morgan fingerprint density at radius 1 is 1.26 bits per heavy atom. The molecule has 0 atom stereocenters. The second kappa shape index (κ2) is 7.65. The number of hydrogen-bond donors (Lipinski definition) is 0. The number of rotatable bonds is 6. The van der Waals surface area contributed by atoms with Gasteiger partial charge in [0.1, 0.15) is 6.61 Å². The van der Waals surface area contributed by atoms with Gasteiger partial charge < -0.3 is 9.47 Å². The van der Waals surface area contributed by atoms with Gasteiger partial charge in [-0.3, -0.25) is 10.1 Å². The van der Waals surface area contributed by atoms with Crippen LogP contribution in [0, 0.1) is 10.1 Å². The van der Waals surface area contributed by atoms with Gasteiger partial charge in [-0.05, 0) is 23.8 Å². The van der Waals surface area contributed by atoms with E-state index >= 15 is 0 Å². The zero-order chi connectivity index (χ0) is 16.8. The van der Waals surface area contributed by atoms with Gasteiger partial charge in [-0.1, -0.05) is 35.9 Å². The highest BCUT2D eigenvalue weighted by Gasteiger charge is 2.09. The summed E-state index contributed by atoms with van der Waals surface area (Å²) in [5, 5.41) is 11.3. The molecule has 0 amide bonds. The van der Waals surface area contributed by atoms with Crippen LogP contribution in [-0.4, -0.2) is 12.0 Å². The number of methoxy groups -OCH3 is 1. The second-order valence-electron chi connectivity index (χ2n) is 4.83. The monoisotopic (exact) mass is 333 g/mol. The van der Waals surface area contributed by atoms with Gasteiger partial charge in [0.15, 0.2) is 11.5 Å². The van der Waals surface area contributed by atoms with Crippen LogP contribution in [0.5, 0.6) is 11.5 Å². The van der Waals surface area contributed by atoms with Crippen molar-refractivity contribution in [2.24, 2.45) is 0 Å². The quantitative estimate of drug-likeness (QED) is 0.574. The molecule has 0 aliphatic heterocycles. The lowest BCUT2D eigenvalue weighted by Crippen LogP contribution is -1.99. The summed E-state index contributed by atoms with van der Waals surface area (Å²) < 4.78 is 11.0. The van der Waals surface area contributed by atoms with E-state index in [0.717, 1.165) is 5.56 Å². The largest absolute Gasteiger partial charge is 0.493 e. The molecule has 23 heavy (non-hydrogen) atoms. The van der Waals surface area contributed by atoms with Gasteiger partial charge in [0.2, 0.25) is 5.70 Å². The van der Waals surface area contributed by atoms with E-state index in [1.807, 2.05) is 18.2 Å². The van der Waals surface area contributed by atoms with Crippen molar-refractivity contribution in [2.45, 2.75) is 13.5 Å². The molecule has 0 unspecified atom stereocenters. The van der Waals surface area contributed by atoms with Gasteiger partial charge in [-0.15, -0.1) is 0 Å². The zero-order valence-electron chi connectivity index (χ0n) is 12.8. The molecule has 0 aliphatic rings. The summed E-state index contributed by atoms with van der Waals surface area (Å²) in [5.74, 6) is 1.05. The average Bonchev–Trinajstić information content (AvgIpc) is 2.54. The van der Waals surface area contributed by atoms with Crippen molar-refractivity contribution in [2.75, 3.05) is 7.11 Å². The minimum atomic E-state index is -0.436. The lowest BCUT2D eigenvalue weighted by atomic mass is 10.1. The molecule has 6 heteroatoms. The lowest BCUT2D eigenvalue weighted by molar-refractivity contribution is -0.422. The van der Waals surface area contributed by atoms with Crippen LogP contribution in [0.3, 0.4) is 0 Å². The number of halogens is 1. The predicted octanol–water partition coefficient (Wildman–Crippen LogP) is 4.57. The maximum Gasteiger partial charge on any atom is 0.243 e. The molecule has 0 heterocycles. The first kappa shape index (κ1) is 16.8. The first-order chi connectivity index (χ1) is 11.0. The SMILES string of the molecule is COc1cc(/C=C(\C)[N+](=O)[O-])ccc1OCc1ccccc1Cl. The minimum Gasteiger partial charge on any atom is -0.493 e. The Morgan fingerprint density at radius 2 is 2.00 bits per heavy atom. The third kappa shape index (κ3) is 4.47. The topological polar surface area (TPSA) is 61.6 Å². The van der Waals surface area contributed by atoms with Crippen LogP contribution in [0.2, 0.25) is 5.02 Å². The predicted molar refractivity (Wildman–Crippen MR) is 89.4 cm³/mol. The minimum absolute atomic E-state index is 0.0526. The third-order valence-electron chi connectivity index (χ3n) is 3.19. The molecule has 0 aromatic heterocycles. The molecule has 2 rings (SSSR count). The highest BCUT2D eigenvalue weighted by molar-refractivity contribution is 6.31. The first-order valence-electron chi connectivity index (χ1n) is 6.88. The fourth-order valence-electron chi connectivity index (χ4n) is 1.96. The van der Waals surface area contributed by atoms with Crippen molar-refractivity contribution in [3.05, 3.63) is 74.4 Å². The van der Waals surface area contributed by atoms with Crippen molar-refractivity contribution in [1.29, 1.82) is 0 Å². The molecule has 0 radical (unpaired) electrons. The van der Waals surface area contributed by atoms with Gasteiger partial charge in [0.25, 0.3) is 0 Å². The first-order valence-corrected chi connectivity index (χ1v) is 7.26. The van der Waals surface area contributed by atoms with Crippen molar-refractivity contribution in [1.82, 2.24) is 0 Å². The van der Waals surface area contributed by atoms with E-state index < -0.39 is 4.92 Å². The van der Waals surface area contributed by atoms with Crippen LogP contribution in [0.1, 0.15) is 18.1 Å². The maximum atomic E-state index is 10.7. The van der Waals surface area contributed by atoms with Gasteiger partial charge in [-0.2, -0.15) is 0 Å². The molecule has 2 aromatic carbocycles. The van der Waals surface area contributed by atoms with Gasteiger partial charge in [0, 0.05) is 23.6 Å². The molecule has 0 saturated heterocycles. The number of hydrogen-bond acceptors (Lipinski definition) is 4. The number of nitrogens with zero attached hydrogens (tertiary/aromatic N) is 1. The Bertz CT molecular complexity index is 743. The van der Waals surface area contributed by atoms with Crippen molar-refractivity contribution in [3.63, 3.8) is 0 Å². The summed E-state index contributed by atoms with van der Waals surface area (Å²) >= 11 is 6.09. The van der Waals surface area contributed by atoms with E-state index in [2.05, 4.69) is 0 Å². The summed E-state index contributed by atoms with van der Waals surface area (Å²) in [6.07, 6.45) is 1.47. The smallest absolute Gasteiger partial charge is 0.243 e. The molecule has 5 nitrogen and oxygen atoms in total. The Morgan fingerprint density at radius 3 is 2.65 bits per heavy atom. The van der Waals surface area contributed by atoms with E-state index in [9.17, 15) is 10.1 Å². The zero-order valence-corrected chi connectivity index (χ0v) is 13.5. The van der Waals surface area contributed by atoms with Crippen LogP contribution in [0.25, 0.3) is 6.08 Å². The van der Waals surface area contributed by atoms with Crippen molar-refractivity contribution in [3.8, 4) is 11.5 Å². The number of nitro groups is 1. The van der Waals surface area contributed by atoms with Crippen LogP contribution in [0.15, 0.2) is 48.2 Å².